The first-order chi connectivity index (χ1) is 6.18. The number of rotatable bonds is 0. The quantitative estimate of drug-likeness (QED) is 0.563. The average molecular weight is 174 g/mol. The highest BCUT2D eigenvalue weighted by Gasteiger charge is 2.22. The lowest BCUT2D eigenvalue weighted by Gasteiger charge is -2.28. The maximum absolute atomic E-state index is 2.37. The Hall–Kier alpha value is -0.780. The van der Waals surface area contributed by atoms with Gasteiger partial charge in [-0.15, -0.1) is 0 Å². The van der Waals surface area contributed by atoms with Crippen LogP contribution in [0.15, 0.2) is 18.2 Å². The van der Waals surface area contributed by atoms with Gasteiger partial charge in [0, 0.05) is 0 Å². The molecule has 0 saturated carbocycles. The van der Waals surface area contributed by atoms with E-state index in [0.29, 0.717) is 0 Å². The monoisotopic (exact) mass is 174 g/mol. The summed E-state index contributed by atoms with van der Waals surface area (Å²) in [6.45, 7) is 6.92. The molecule has 0 amide bonds. The van der Waals surface area contributed by atoms with E-state index in [1.807, 2.05) is 0 Å². The predicted molar refractivity (Wildman–Crippen MR) is 57.1 cm³/mol. The van der Waals surface area contributed by atoms with Gasteiger partial charge in [-0.25, -0.2) is 0 Å². The smallest absolute Gasteiger partial charge is 0.0162 e. The Morgan fingerprint density at radius 2 is 2.00 bits per heavy atom. The van der Waals surface area contributed by atoms with Crippen LogP contribution in [0.1, 0.15) is 42.9 Å². The maximum Gasteiger partial charge on any atom is -0.0162 e. The van der Waals surface area contributed by atoms with Gasteiger partial charge in [0.15, 0.2) is 0 Å². The highest BCUT2D eigenvalue weighted by atomic mass is 14.3. The lowest BCUT2D eigenvalue weighted by Crippen LogP contribution is -2.15. The topological polar surface area (TPSA) is 0 Å². The number of fused-ring (bicyclic) bond motifs is 1. The van der Waals surface area contributed by atoms with Crippen LogP contribution >= 0.6 is 0 Å². The summed E-state index contributed by atoms with van der Waals surface area (Å²) in [5.74, 6) is 1.61. The molecule has 0 radical (unpaired) electrons. The van der Waals surface area contributed by atoms with Gasteiger partial charge in [-0.1, -0.05) is 37.6 Å². The standard InChI is InChI=1S/C13H18/c1-9-4-6-12-7-5-10(2)11(3)13(12)8-9/h4,6,8,10-11H,5,7H2,1-3H3. The Morgan fingerprint density at radius 1 is 1.23 bits per heavy atom. The van der Waals surface area contributed by atoms with Crippen molar-refractivity contribution < 1.29 is 0 Å². The minimum absolute atomic E-state index is 0.753. The van der Waals surface area contributed by atoms with Crippen molar-refractivity contribution in [1.82, 2.24) is 0 Å². The van der Waals surface area contributed by atoms with E-state index >= 15 is 0 Å². The molecule has 0 aliphatic heterocycles. The fraction of sp³-hybridized carbons (Fsp3) is 0.538. The molecular formula is C13H18. The molecule has 0 nitrogen and oxygen atoms in total. The van der Waals surface area contributed by atoms with E-state index in [9.17, 15) is 0 Å². The van der Waals surface area contributed by atoms with Crippen molar-refractivity contribution >= 4 is 0 Å². The maximum atomic E-state index is 2.37. The van der Waals surface area contributed by atoms with Crippen LogP contribution in [0.4, 0.5) is 0 Å². The Morgan fingerprint density at radius 3 is 2.77 bits per heavy atom. The fourth-order valence-corrected chi connectivity index (χ4v) is 2.31. The third-order valence-electron chi connectivity index (χ3n) is 3.51. The summed E-state index contributed by atoms with van der Waals surface area (Å²) in [6.07, 6.45) is 2.64. The third-order valence-corrected chi connectivity index (χ3v) is 3.51. The van der Waals surface area contributed by atoms with E-state index in [1.165, 1.54) is 18.4 Å². The second-order valence-corrected chi connectivity index (χ2v) is 4.51. The van der Waals surface area contributed by atoms with Crippen LogP contribution < -0.4 is 0 Å². The second kappa shape index (κ2) is 3.17. The summed E-state index contributed by atoms with van der Waals surface area (Å²) in [4.78, 5) is 0. The molecule has 0 heterocycles. The van der Waals surface area contributed by atoms with Crippen molar-refractivity contribution in [2.45, 2.75) is 39.5 Å². The van der Waals surface area contributed by atoms with Gasteiger partial charge in [-0.2, -0.15) is 0 Å². The van der Waals surface area contributed by atoms with Gasteiger partial charge in [-0.05, 0) is 42.7 Å². The number of aryl methyl sites for hydroxylation is 2. The molecule has 0 saturated heterocycles. The normalized spacial score (nSPS) is 27.0. The van der Waals surface area contributed by atoms with Gasteiger partial charge < -0.3 is 0 Å². The molecular weight excluding hydrogens is 156 g/mol. The molecule has 2 unspecified atom stereocenters. The molecule has 0 aromatic heterocycles. The first-order valence-corrected chi connectivity index (χ1v) is 5.28. The van der Waals surface area contributed by atoms with E-state index in [4.69, 9.17) is 0 Å². The molecule has 0 heteroatoms. The van der Waals surface area contributed by atoms with Gasteiger partial charge >= 0.3 is 0 Å². The predicted octanol–water partition coefficient (Wildman–Crippen LogP) is 3.68. The molecule has 0 fully saturated rings. The number of benzene rings is 1. The van der Waals surface area contributed by atoms with Crippen LogP contribution in [0, 0.1) is 12.8 Å². The van der Waals surface area contributed by atoms with Crippen LogP contribution in [0.2, 0.25) is 0 Å². The molecule has 1 aliphatic carbocycles. The van der Waals surface area contributed by atoms with E-state index in [1.54, 1.807) is 11.1 Å². The highest BCUT2D eigenvalue weighted by molar-refractivity contribution is 5.36. The third kappa shape index (κ3) is 1.50. The van der Waals surface area contributed by atoms with Gasteiger partial charge in [0.25, 0.3) is 0 Å². The van der Waals surface area contributed by atoms with Crippen LogP contribution in [0.5, 0.6) is 0 Å². The Bertz CT molecular complexity index is 312. The zero-order valence-corrected chi connectivity index (χ0v) is 8.80. The summed E-state index contributed by atoms with van der Waals surface area (Å²) in [6, 6.07) is 6.92. The lowest BCUT2D eigenvalue weighted by molar-refractivity contribution is 0.426. The van der Waals surface area contributed by atoms with E-state index < -0.39 is 0 Å². The highest BCUT2D eigenvalue weighted by Crippen LogP contribution is 2.35. The zero-order valence-electron chi connectivity index (χ0n) is 8.80. The van der Waals surface area contributed by atoms with Crippen LogP contribution in [0.25, 0.3) is 0 Å². The second-order valence-electron chi connectivity index (χ2n) is 4.51. The molecule has 0 N–H and O–H groups in total. The summed E-state index contributed by atoms with van der Waals surface area (Å²) in [7, 11) is 0. The molecule has 2 atom stereocenters. The minimum atomic E-state index is 0.753. The van der Waals surface area contributed by atoms with Crippen molar-refractivity contribution in [2.24, 2.45) is 5.92 Å². The van der Waals surface area contributed by atoms with Crippen LogP contribution in [-0.4, -0.2) is 0 Å². The van der Waals surface area contributed by atoms with Gasteiger partial charge in [-0.3, -0.25) is 0 Å². The van der Waals surface area contributed by atoms with Crippen molar-refractivity contribution in [3.8, 4) is 0 Å². The molecule has 0 spiro atoms. The summed E-state index contributed by atoms with van der Waals surface area (Å²) < 4.78 is 0. The van der Waals surface area contributed by atoms with E-state index in [2.05, 4.69) is 39.0 Å². The van der Waals surface area contributed by atoms with E-state index in [0.717, 1.165) is 11.8 Å². The molecule has 1 aromatic carbocycles. The van der Waals surface area contributed by atoms with Crippen molar-refractivity contribution in [3.63, 3.8) is 0 Å². The molecule has 2 rings (SSSR count). The first-order valence-electron chi connectivity index (χ1n) is 5.28. The average Bonchev–Trinajstić information content (AvgIpc) is 2.12. The molecule has 13 heavy (non-hydrogen) atoms. The summed E-state index contributed by atoms with van der Waals surface area (Å²) >= 11 is 0. The van der Waals surface area contributed by atoms with Gasteiger partial charge in [0.2, 0.25) is 0 Å². The van der Waals surface area contributed by atoms with Gasteiger partial charge in [0.1, 0.15) is 0 Å². The number of hydrogen-bond acceptors (Lipinski definition) is 0. The van der Waals surface area contributed by atoms with Crippen molar-refractivity contribution in [1.29, 1.82) is 0 Å². The Kier molecular flexibility index (Phi) is 2.15. The first kappa shape index (κ1) is 8.80. The molecule has 1 aliphatic rings. The SMILES string of the molecule is Cc1ccc2c(c1)C(C)C(C)CC2. The van der Waals surface area contributed by atoms with Crippen molar-refractivity contribution in [2.75, 3.05) is 0 Å². The number of hydrogen-bond donors (Lipinski definition) is 0. The molecule has 0 bridgehead atoms. The lowest BCUT2D eigenvalue weighted by atomic mass is 9.77. The summed E-state index contributed by atoms with van der Waals surface area (Å²) in [5, 5.41) is 0. The van der Waals surface area contributed by atoms with Crippen LogP contribution in [-0.2, 0) is 6.42 Å². The van der Waals surface area contributed by atoms with Crippen molar-refractivity contribution in [3.05, 3.63) is 34.9 Å². The Balaban J connectivity index is 2.45. The minimum Gasteiger partial charge on any atom is -0.0619 e. The van der Waals surface area contributed by atoms with Gasteiger partial charge in [0.05, 0.1) is 0 Å². The summed E-state index contributed by atoms with van der Waals surface area (Å²) in [5.41, 5.74) is 4.58. The van der Waals surface area contributed by atoms with Crippen LogP contribution in [0.3, 0.4) is 0 Å². The largest absolute Gasteiger partial charge is 0.0619 e. The molecule has 70 valence electrons. The molecule has 1 aromatic rings. The fourth-order valence-electron chi connectivity index (χ4n) is 2.31. The zero-order chi connectivity index (χ0) is 9.42. The Labute approximate surface area is 81.0 Å². The van der Waals surface area contributed by atoms with E-state index in [-0.39, 0.29) is 0 Å².